The van der Waals surface area contributed by atoms with Crippen LogP contribution in [0.15, 0.2) is 146 Å². The van der Waals surface area contributed by atoms with Crippen LogP contribution in [0.1, 0.15) is 41.4 Å². The van der Waals surface area contributed by atoms with Crippen molar-refractivity contribution in [2.45, 2.75) is 0 Å². The average Bonchev–Trinajstić information content (AvgIpc) is 3.32. The molecule has 11 rings (SSSR count). The predicted octanol–water partition coefficient (Wildman–Crippen LogP) is 10.3. The number of rotatable bonds is 12. The highest BCUT2D eigenvalue weighted by Gasteiger charge is 2.42. The first-order valence-corrected chi connectivity index (χ1v) is 20.5. The Morgan fingerprint density at radius 3 is 0.788 bits per heavy atom. The maximum atomic E-state index is 14.6. The summed E-state index contributed by atoms with van der Waals surface area (Å²) in [6, 6.07) is 40.5. The van der Waals surface area contributed by atoms with Gasteiger partial charge in [0.25, 0.3) is 23.6 Å². The topological polar surface area (TPSA) is 186 Å². The molecule has 66 heavy (non-hydrogen) atoms. The number of ether oxygens (including phenoxy) is 4. The number of para-hydroxylation sites is 4. The van der Waals surface area contributed by atoms with Crippen LogP contribution < -0.4 is 18.9 Å². The van der Waals surface area contributed by atoms with E-state index >= 15 is 0 Å². The molecule has 9 aromatic carbocycles. The number of nitrogens with zero attached hydrogens (tertiary/aromatic N) is 2. The third-order valence-corrected chi connectivity index (χ3v) is 11.5. The zero-order valence-corrected chi connectivity index (χ0v) is 34.1. The van der Waals surface area contributed by atoms with E-state index in [4.69, 9.17) is 18.9 Å². The van der Waals surface area contributed by atoms with Crippen molar-refractivity contribution in [3.05, 3.63) is 168 Å². The molecule has 0 unspecified atom stereocenters. The van der Waals surface area contributed by atoms with Crippen molar-refractivity contribution < 1.29 is 57.9 Å². The molecule has 2 N–H and O–H groups in total. The summed E-state index contributed by atoms with van der Waals surface area (Å²) in [5.41, 5.74) is -0.212. The standard InChI is InChI=1S/C52H30N2O12/c55-39(56)25-53-49(59)31-21-35(63-27-13-5-1-6-14-27)43-44-36(64-28-15-7-2-8-16-28)22-33-42-34(52(62)54(51(33)61)26-40(57)58)24-38(66-30-19-11-4-12-20-30)46(48(42)44)45-37(65-29-17-9-3-10-18-29)23-32(50(53)60)41(31)47(43)45/h1-24H,25-26H2,(H,55,56)(H,57,58). The minimum atomic E-state index is -1.42. The molecule has 320 valence electrons. The average molecular weight is 875 g/mol. The highest BCUT2D eigenvalue weighted by molar-refractivity contribution is 6.45. The highest BCUT2D eigenvalue weighted by Crippen LogP contribution is 2.57. The summed E-state index contributed by atoms with van der Waals surface area (Å²) in [6.07, 6.45) is 0. The Labute approximate surface area is 372 Å². The van der Waals surface area contributed by atoms with Gasteiger partial charge in [0.2, 0.25) is 0 Å². The van der Waals surface area contributed by atoms with Gasteiger partial charge in [0, 0.05) is 43.1 Å². The largest absolute Gasteiger partial charge is 0.480 e. The van der Waals surface area contributed by atoms with E-state index in [-0.39, 0.29) is 88.3 Å². The molecule has 0 saturated carbocycles. The summed E-state index contributed by atoms with van der Waals surface area (Å²) in [5.74, 6) is -4.85. The zero-order valence-electron chi connectivity index (χ0n) is 34.1. The first-order valence-electron chi connectivity index (χ1n) is 20.5. The molecular formula is C52H30N2O12. The summed E-state index contributed by atoms with van der Waals surface area (Å²) >= 11 is 0. The van der Waals surface area contributed by atoms with Crippen LogP contribution in [-0.4, -0.2) is 68.7 Å². The number of hydrogen-bond acceptors (Lipinski definition) is 10. The molecule has 0 aromatic heterocycles. The van der Waals surface area contributed by atoms with E-state index in [9.17, 15) is 39.0 Å². The molecule has 9 aromatic rings. The third-order valence-electron chi connectivity index (χ3n) is 11.5. The second-order valence-electron chi connectivity index (χ2n) is 15.5. The van der Waals surface area contributed by atoms with E-state index in [1.807, 2.05) is 0 Å². The normalized spacial score (nSPS) is 13.3. The summed E-state index contributed by atoms with van der Waals surface area (Å²) in [7, 11) is 0. The Bertz CT molecular complexity index is 3110. The van der Waals surface area contributed by atoms with Gasteiger partial charge in [0.15, 0.2) is 0 Å². The first kappa shape index (κ1) is 39.5. The fraction of sp³-hybridized carbons (Fsp3) is 0.0385. The van der Waals surface area contributed by atoms with Crippen molar-refractivity contribution in [1.82, 2.24) is 9.80 Å². The predicted molar refractivity (Wildman–Crippen MR) is 240 cm³/mol. The number of carbonyl (C=O) groups excluding carboxylic acids is 4. The number of hydrogen-bond donors (Lipinski definition) is 2. The lowest BCUT2D eigenvalue weighted by Gasteiger charge is -2.32. The van der Waals surface area contributed by atoms with Gasteiger partial charge in [0.1, 0.15) is 59.1 Å². The second kappa shape index (κ2) is 15.2. The van der Waals surface area contributed by atoms with Gasteiger partial charge in [-0.3, -0.25) is 38.6 Å². The van der Waals surface area contributed by atoms with Gasteiger partial charge in [-0.1, -0.05) is 72.8 Å². The third kappa shape index (κ3) is 6.26. The maximum absolute atomic E-state index is 14.6. The van der Waals surface area contributed by atoms with Crippen LogP contribution in [-0.2, 0) is 9.59 Å². The van der Waals surface area contributed by atoms with Crippen LogP contribution in [0.4, 0.5) is 0 Å². The molecular weight excluding hydrogens is 845 g/mol. The van der Waals surface area contributed by atoms with Gasteiger partial charge < -0.3 is 29.2 Å². The number of imide groups is 2. The molecule has 14 heteroatoms. The molecule has 0 bridgehead atoms. The lowest BCUT2D eigenvalue weighted by molar-refractivity contribution is -0.138. The zero-order chi connectivity index (χ0) is 45.4. The Hall–Kier alpha value is -9.30. The molecule has 0 fully saturated rings. The van der Waals surface area contributed by atoms with E-state index < -0.39 is 48.7 Å². The Morgan fingerprint density at radius 2 is 0.576 bits per heavy atom. The van der Waals surface area contributed by atoms with Gasteiger partial charge in [-0.2, -0.15) is 0 Å². The van der Waals surface area contributed by atoms with Gasteiger partial charge >= 0.3 is 11.9 Å². The molecule has 0 saturated heterocycles. The summed E-state index contributed by atoms with van der Waals surface area (Å²) < 4.78 is 26.9. The Morgan fingerprint density at radius 1 is 0.348 bits per heavy atom. The lowest BCUT2D eigenvalue weighted by Crippen LogP contribution is -2.43. The maximum Gasteiger partial charge on any atom is 0.323 e. The Kier molecular flexibility index (Phi) is 9.11. The van der Waals surface area contributed by atoms with Gasteiger partial charge in [0.05, 0.1) is 22.3 Å². The number of amides is 4. The van der Waals surface area contributed by atoms with Crippen LogP contribution in [0.25, 0.3) is 43.1 Å². The van der Waals surface area contributed by atoms with Crippen molar-refractivity contribution in [3.8, 4) is 46.0 Å². The van der Waals surface area contributed by atoms with E-state index in [0.29, 0.717) is 32.8 Å². The minimum absolute atomic E-state index is 0.0529. The van der Waals surface area contributed by atoms with Gasteiger partial charge in [-0.25, -0.2) is 0 Å². The monoisotopic (exact) mass is 874 g/mol. The smallest absolute Gasteiger partial charge is 0.323 e. The van der Waals surface area contributed by atoms with Gasteiger partial charge in [-0.05, 0) is 72.8 Å². The van der Waals surface area contributed by atoms with Crippen LogP contribution in [0.3, 0.4) is 0 Å². The first-order chi connectivity index (χ1) is 32.0. The molecule has 2 aliphatic rings. The summed E-state index contributed by atoms with van der Waals surface area (Å²) in [4.78, 5) is 84.2. The van der Waals surface area contributed by atoms with Crippen LogP contribution in [0, 0.1) is 0 Å². The number of carbonyl (C=O) groups is 6. The van der Waals surface area contributed by atoms with Crippen LogP contribution in [0.5, 0.6) is 46.0 Å². The van der Waals surface area contributed by atoms with Crippen molar-refractivity contribution in [2.75, 3.05) is 13.1 Å². The molecule has 2 heterocycles. The molecule has 0 spiro atoms. The molecule has 0 aliphatic carbocycles. The van der Waals surface area contributed by atoms with E-state index in [1.54, 1.807) is 121 Å². The minimum Gasteiger partial charge on any atom is -0.480 e. The van der Waals surface area contributed by atoms with Crippen molar-refractivity contribution in [2.24, 2.45) is 0 Å². The van der Waals surface area contributed by atoms with E-state index in [2.05, 4.69) is 0 Å². The van der Waals surface area contributed by atoms with Crippen molar-refractivity contribution in [3.63, 3.8) is 0 Å². The summed E-state index contributed by atoms with van der Waals surface area (Å²) in [6.45, 7) is -1.88. The fourth-order valence-corrected chi connectivity index (χ4v) is 8.95. The van der Waals surface area contributed by atoms with E-state index in [0.717, 1.165) is 0 Å². The fourth-order valence-electron chi connectivity index (χ4n) is 8.95. The number of benzene rings is 9. The lowest BCUT2D eigenvalue weighted by atomic mass is 9.80. The number of fused-ring (bicyclic) bond motifs is 2. The molecule has 14 nitrogen and oxygen atoms in total. The van der Waals surface area contributed by atoms with Crippen LogP contribution in [0.2, 0.25) is 0 Å². The quantitative estimate of drug-likeness (QED) is 0.0673. The number of aliphatic carboxylic acids is 2. The summed E-state index contributed by atoms with van der Waals surface area (Å²) in [5, 5.41) is 21.7. The number of carboxylic acids is 2. The van der Waals surface area contributed by atoms with Crippen LogP contribution >= 0.6 is 0 Å². The van der Waals surface area contributed by atoms with Crippen molar-refractivity contribution in [1.29, 1.82) is 0 Å². The van der Waals surface area contributed by atoms with Crippen molar-refractivity contribution >= 4 is 78.7 Å². The molecule has 2 aliphatic heterocycles. The second-order valence-corrected chi connectivity index (χ2v) is 15.5. The molecule has 0 radical (unpaired) electrons. The van der Waals surface area contributed by atoms with E-state index in [1.165, 1.54) is 24.3 Å². The highest BCUT2D eigenvalue weighted by atomic mass is 16.5. The molecule has 4 amide bonds. The number of carboxylic acid groups (broad SMARTS) is 2. The van der Waals surface area contributed by atoms with Gasteiger partial charge in [-0.15, -0.1) is 0 Å². The SMILES string of the molecule is O=C(O)CN1C(=O)c2cc(Oc3ccccc3)c3c4c(Oc5ccccc5)cc5c6c(cc(Oc7ccccc7)c(c7c(Oc8ccccc8)cc(c2c37)C1=O)c64)C(=O)N(CC(=O)O)C5=O. The molecule has 0 atom stereocenters. The Balaban J connectivity index is 1.41.